The molecule has 0 amide bonds. The minimum Gasteiger partial charge on any atom is -0.393 e. The van der Waals surface area contributed by atoms with Crippen molar-refractivity contribution in [1.29, 1.82) is 0 Å². The summed E-state index contributed by atoms with van der Waals surface area (Å²) < 4.78 is 0. The normalized spacial score (nSPS) is 10.5. The number of halogens is 1. The lowest BCUT2D eigenvalue weighted by atomic mass is 10.4. The number of hydrogen-bond acceptors (Lipinski definition) is 6. The van der Waals surface area contributed by atoms with Crippen LogP contribution in [0.3, 0.4) is 0 Å². The van der Waals surface area contributed by atoms with Gasteiger partial charge in [-0.25, -0.2) is 15.0 Å². The standard InChI is InChI=1S/C10H12ClN5S/c1-6-4-17-7(16-6)2-3-13-10-8(12)9(11)14-5-15-10/h4-5H,2-3,12H2,1H3,(H,13,14,15). The van der Waals surface area contributed by atoms with E-state index in [4.69, 9.17) is 17.3 Å². The van der Waals surface area contributed by atoms with E-state index in [0.29, 0.717) is 18.1 Å². The highest BCUT2D eigenvalue weighted by Crippen LogP contribution is 2.21. The Balaban J connectivity index is 1.92. The maximum atomic E-state index is 5.79. The maximum Gasteiger partial charge on any atom is 0.157 e. The Hall–Kier alpha value is -1.40. The largest absolute Gasteiger partial charge is 0.393 e. The van der Waals surface area contributed by atoms with E-state index >= 15 is 0 Å². The summed E-state index contributed by atoms with van der Waals surface area (Å²) >= 11 is 7.44. The average Bonchev–Trinajstić information content (AvgIpc) is 2.70. The molecule has 5 nitrogen and oxygen atoms in total. The summed E-state index contributed by atoms with van der Waals surface area (Å²) in [6.07, 6.45) is 2.22. The lowest BCUT2D eigenvalue weighted by Crippen LogP contribution is -2.09. The summed E-state index contributed by atoms with van der Waals surface area (Å²) in [4.78, 5) is 12.2. The second-order valence-corrected chi connectivity index (χ2v) is 4.79. The van der Waals surface area contributed by atoms with Crippen molar-refractivity contribution in [3.05, 3.63) is 27.6 Å². The molecule has 0 spiro atoms. The summed E-state index contributed by atoms with van der Waals surface area (Å²) in [7, 11) is 0. The van der Waals surface area contributed by atoms with Crippen molar-refractivity contribution in [3.8, 4) is 0 Å². The molecule has 0 fully saturated rings. The number of nitrogens with two attached hydrogens (primary N) is 1. The molecule has 0 saturated heterocycles. The summed E-state index contributed by atoms with van der Waals surface area (Å²) in [5, 5.41) is 6.51. The van der Waals surface area contributed by atoms with Crippen LogP contribution in [-0.2, 0) is 6.42 Å². The van der Waals surface area contributed by atoms with Crippen molar-refractivity contribution in [2.24, 2.45) is 0 Å². The molecule has 2 aromatic rings. The molecule has 7 heteroatoms. The molecule has 0 unspecified atom stereocenters. The Morgan fingerprint density at radius 2 is 2.29 bits per heavy atom. The first-order valence-electron chi connectivity index (χ1n) is 5.07. The van der Waals surface area contributed by atoms with Crippen molar-refractivity contribution in [2.75, 3.05) is 17.6 Å². The van der Waals surface area contributed by atoms with Crippen LogP contribution in [0.1, 0.15) is 10.7 Å². The summed E-state index contributed by atoms with van der Waals surface area (Å²) in [6, 6.07) is 0. The highest BCUT2D eigenvalue weighted by atomic mass is 35.5. The van der Waals surface area contributed by atoms with Crippen molar-refractivity contribution >= 4 is 34.4 Å². The third kappa shape index (κ3) is 3.04. The monoisotopic (exact) mass is 269 g/mol. The number of rotatable bonds is 4. The van der Waals surface area contributed by atoms with Crippen LogP contribution in [0.25, 0.3) is 0 Å². The van der Waals surface area contributed by atoms with Gasteiger partial charge in [-0.05, 0) is 6.92 Å². The van der Waals surface area contributed by atoms with Crippen LogP contribution in [0.15, 0.2) is 11.7 Å². The van der Waals surface area contributed by atoms with E-state index in [2.05, 4.69) is 20.3 Å². The number of hydrogen-bond donors (Lipinski definition) is 2. The van der Waals surface area contributed by atoms with E-state index in [-0.39, 0.29) is 5.15 Å². The van der Waals surface area contributed by atoms with E-state index in [0.717, 1.165) is 17.1 Å². The molecule has 17 heavy (non-hydrogen) atoms. The molecule has 0 aliphatic rings. The Kier molecular flexibility index (Phi) is 3.75. The third-order valence-electron chi connectivity index (χ3n) is 2.13. The highest BCUT2D eigenvalue weighted by Gasteiger charge is 2.05. The first-order valence-corrected chi connectivity index (χ1v) is 6.33. The fraction of sp³-hybridized carbons (Fsp3) is 0.300. The van der Waals surface area contributed by atoms with E-state index in [9.17, 15) is 0 Å². The minimum absolute atomic E-state index is 0.271. The zero-order valence-electron chi connectivity index (χ0n) is 9.27. The summed E-state index contributed by atoms with van der Waals surface area (Å²) in [5.41, 5.74) is 7.16. The smallest absolute Gasteiger partial charge is 0.157 e. The van der Waals surface area contributed by atoms with Gasteiger partial charge in [-0.1, -0.05) is 11.6 Å². The average molecular weight is 270 g/mol. The zero-order chi connectivity index (χ0) is 12.3. The minimum atomic E-state index is 0.271. The van der Waals surface area contributed by atoms with Crippen LogP contribution >= 0.6 is 22.9 Å². The molecule has 0 bridgehead atoms. The fourth-order valence-electron chi connectivity index (χ4n) is 1.32. The third-order valence-corrected chi connectivity index (χ3v) is 3.46. The van der Waals surface area contributed by atoms with Crippen LogP contribution in [-0.4, -0.2) is 21.5 Å². The first kappa shape index (κ1) is 12.1. The number of thiazole rings is 1. The SMILES string of the molecule is Cc1csc(CCNc2ncnc(Cl)c2N)n1. The van der Waals surface area contributed by atoms with Gasteiger partial charge in [0.1, 0.15) is 12.0 Å². The molecular formula is C10H12ClN5S. The topological polar surface area (TPSA) is 76.7 Å². The molecule has 0 aliphatic carbocycles. The number of nitrogens with one attached hydrogen (secondary N) is 1. The molecule has 2 aromatic heterocycles. The van der Waals surface area contributed by atoms with Gasteiger partial charge in [-0.2, -0.15) is 0 Å². The van der Waals surface area contributed by atoms with Crippen molar-refractivity contribution < 1.29 is 0 Å². The van der Waals surface area contributed by atoms with Gasteiger partial charge in [0.15, 0.2) is 11.0 Å². The van der Waals surface area contributed by atoms with Gasteiger partial charge in [-0.15, -0.1) is 11.3 Å². The van der Waals surface area contributed by atoms with E-state index in [1.165, 1.54) is 6.33 Å². The van der Waals surface area contributed by atoms with Crippen LogP contribution in [0.2, 0.25) is 5.15 Å². The Morgan fingerprint density at radius 3 is 3.00 bits per heavy atom. The summed E-state index contributed by atoms with van der Waals surface area (Å²) in [5.74, 6) is 0.568. The van der Waals surface area contributed by atoms with Crippen LogP contribution in [0.4, 0.5) is 11.5 Å². The van der Waals surface area contributed by atoms with Crippen molar-refractivity contribution in [2.45, 2.75) is 13.3 Å². The van der Waals surface area contributed by atoms with Gasteiger partial charge >= 0.3 is 0 Å². The molecule has 0 aromatic carbocycles. The Labute approximate surface area is 108 Å². The molecule has 2 rings (SSSR count). The van der Waals surface area contributed by atoms with E-state index in [1.54, 1.807) is 11.3 Å². The van der Waals surface area contributed by atoms with Crippen molar-refractivity contribution in [1.82, 2.24) is 15.0 Å². The van der Waals surface area contributed by atoms with Gasteiger partial charge in [0, 0.05) is 24.0 Å². The highest BCUT2D eigenvalue weighted by molar-refractivity contribution is 7.09. The van der Waals surface area contributed by atoms with Crippen LogP contribution in [0, 0.1) is 6.92 Å². The van der Waals surface area contributed by atoms with Gasteiger partial charge in [0.2, 0.25) is 0 Å². The van der Waals surface area contributed by atoms with Crippen LogP contribution in [0.5, 0.6) is 0 Å². The van der Waals surface area contributed by atoms with Gasteiger partial charge in [0.05, 0.1) is 5.01 Å². The molecule has 90 valence electrons. The van der Waals surface area contributed by atoms with Gasteiger partial charge in [0.25, 0.3) is 0 Å². The summed E-state index contributed by atoms with van der Waals surface area (Å²) in [6.45, 7) is 2.69. The molecule has 0 saturated carbocycles. The Morgan fingerprint density at radius 1 is 1.47 bits per heavy atom. The Bertz CT molecular complexity index is 513. The molecule has 2 heterocycles. The lowest BCUT2D eigenvalue weighted by Gasteiger charge is -2.07. The first-order chi connectivity index (χ1) is 8.16. The number of nitrogens with zero attached hydrogens (tertiary/aromatic N) is 3. The van der Waals surface area contributed by atoms with Crippen LogP contribution < -0.4 is 11.1 Å². The van der Waals surface area contributed by atoms with Crippen molar-refractivity contribution in [3.63, 3.8) is 0 Å². The number of nitrogen functional groups attached to an aromatic ring is 1. The molecule has 3 N–H and O–H groups in total. The number of anilines is 2. The quantitative estimate of drug-likeness (QED) is 0.832. The molecule has 0 aliphatic heterocycles. The zero-order valence-corrected chi connectivity index (χ0v) is 10.8. The predicted molar refractivity (Wildman–Crippen MR) is 70.5 cm³/mol. The maximum absolute atomic E-state index is 5.79. The predicted octanol–water partition coefficient (Wildman–Crippen LogP) is 2.13. The molecule has 0 atom stereocenters. The second-order valence-electron chi connectivity index (χ2n) is 3.49. The van der Waals surface area contributed by atoms with Gasteiger partial charge < -0.3 is 11.1 Å². The molecular weight excluding hydrogens is 258 g/mol. The lowest BCUT2D eigenvalue weighted by molar-refractivity contribution is 0.974. The van der Waals surface area contributed by atoms with E-state index < -0.39 is 0 Å². The number of aromatic nitrogens is 3. The van der Waals surface area contributed by atoms with E-state index in [1.807, 2.05) is 12.3 Å². The van der Waals surface area contributed by atoms with Gasteiger partial charge in [-0.3, -0.25) is 0 Å². The molecule has 0 radical (unpaired) electrons. The second kappa shape index (κ2) is 5.29. The number of aryl methyl sites for hydroxylation is 1. The fourth-order valence-corrected chi connectivity index (χ4v) is 2.23.